The summed E-state index contributed by atoms with van der Waals surface area (Å²) in [7, 11) is 0. The SMILES string of the molecule is O=C(Nc1nnc(C2CC(=O)N(c3ccccc3)C2)o1)c1ccc(Cl)s1. The fourth-order valence-corrected chi connectivity index (χ4v) is 3.71. The molecule has 4 rings (SSSR count). The zero-order valence-electron chi connectivity index (χ0n) is 13.4. The first-order valence-electron chi connectivity index (χ1n) is 7.85. The zero-order valence-corrected chi connectivity index (χ0v) is 15.0. The van der Waals surface area contributed by atoms with Crippen molar-refractivity contribution in [2.24, 2.45) is 0 Å². The first-order valence-corrected chi connectivity index (χ1v) is 9.05. The quantitative estimate of drug-likeness (QED) is 0.738. The van der Waals surface area contributed by atoms with E-state index < -0.39 is 0 Å². The van der Waals surface area contributed by atoms with E-state index >= 15 is 0 Å². The average molecular weight is 389 g/mol. The number of carbonyl (C=O) groups excluding carboxylic acids is 2. The number of hydrogen-bond acceptors (Lipinski definition) is 6. The number of halogens is 1. The van der Waals surface area contributed by atoms with Gasteiger partial charge in [0, 0.05) is 18.7 Å². The molecule has 7 nitrogen and oxygen atoms in total. The van der Waals surface area contributed by atoms with Gasteiger partial charge in [-0.05, 0) is 24.3 Å². The highest BCUT2D eigenvalue weighted by Gasteiger charge is 2.35. The van der Waals surface area contributed by atoms with Crippen molar-refractivity contribution in [2.75, 3.05) is 16.8 Å². The van der Waals surface area contributed by atoms with Gasteiger partial charge in [0.15, 0.2) is 0 Å². The number of carbonyl (C=O) groups is 2. The van der Waals surface area contributed by atoms with Crippen LogP contribution in [0.25, 0.3) is 0 Å². The normalized spacial score (nSPS) is 16.9. The number of nitrogens with zero attached hydrogens (tertiary/aromatic N) is 3. The predicted molar refractivity (Wildman–Crippen MR) is 97.7 cm³/mol. The molecule has 1 N–H and O–H groups in total. The van der Waals surface area contributed by atoms with Gasteiger partial charge in [0.05, 0.1) is 15.1 Å². The smallest absolute Gasteiger partial charge is 0.322 e. The number of hydrogen-bond donors (Lipinski definition) is 1. The van der Waals surface area contributed by atoms with Crippen molar-refractivity contribution in [1.29, 1.82) is 0 Å². The maximum absolute atomic E-state index is 12.3. The monoisotopic (exact) mass is 388 g/mol. The Bertz CT molecular complexity index is 956. The summed E-state index contributed by atoms with van der Waals surface area (Å²) in [5, 5.41) is 10.4. The van der Waals surface area contributed by atoms with Gasteiger partial charge in [-0.15, -0.1) is 16.4 Å². The molecule has 0 spiro atoms. The summed E-state index contributed by atoms with van der Waals surface area (Å²) in [5.74, 6) is -0.253. The summed E-state index contributed by atoms with van der Waals surface area (Å²) in [5.41, 5.74) is 0.836. The number of thiophene rings is 1. The Balaban J connectivity index is 1.45. The van der Waals surface area contributed by atoms with Crippen LogP contribution in [0, 0.1) is 0 Å². The highest BCUT2D eigenvalue weighted by molar-refractivity contribution is 7.18. The van der Waals surface area contributed by atoms with Crippen LogP contribution in [-0.2, 0) is 4.79 Å². The van der Waals surface area contributed by atoms with E-state index in [1.807, 2.05) is 30.3 Å². The highest BCUT2D eigenvalue weighted by atomic mass is 35.5. The molecule has 1 aliphatic rings. The van der Waals surface area contributed by atoms with Crippen LogP contribution in [0.2, 0.25) is 4.34 Å². The maximum atomic E-state index is 12.3. The van der Waals surface area contributed by atoms with E-state index in [0.29, 0.717) is 21.6 Å². The van der Waals surface area contributed by atoms with Crippen LogP contribution in [0.4, 0.5) is 11.7 Å². The molecule has 2 amide bonds. The van der Waals surface area contributed by atoms with E-state index in [0.717, 1.165) is 17.0 Å². The van der Waals surface area contributed by atoms with E-state index in [9.17, 15) is 9.59 Å². The zero-order chi connectivity index (χ0) is 18.1. The summed E-state index contributed by atoms with van der Waals surface area (Å²) in [4.78, 5) is 26.5. The number of aromatic nitrogens is 2. The Kier molecular flexibility index (Phi) is 4.44. The molecule has 9 heteroatoms. The van der Waals surface area contributed by atoms with Crippen molar-refractivity contribution >= 4 is 46.5 Å². The summed E-state index contributed by atoms with van der Waals surface area (Å²) in [6.45, 7) is 0.457. The number of benzene rings is 1. The van der Waals surface area contributed by atoms with E-state index in [1.54, 1.807) is 17.0 Å². The molecule has 26 heavy (non-hydrogen) atoms. The molecule has 0 saturated carbocycles. The molecule has 2 aromatic heterocycles. The molecule has 3 aromatic rings. The number of para-hydroxylation sites is 1. The Morgan fingerprint density at radius 3 is 2.77 bits per heavy atom. The number of amides is 2. The lowest BCUT2D eigenvalue weighted by Gasteiger charge is -2.15. The molecule has 0 aliphatic carbocycles. The predicted octanol–water partition coefficient (Wildman–Crippen LogP) is 3.56. The first-order chi connectivity index (χ1) is 12.6. The van der Waals surface area contributed by atoms with Crippen LogP contribution in [0.3, 0.4) is 0 Å². The third-order valence-corrected chi connectivity index (χ3v) is 5.23. The maximum Gasteiger partial charge on any atom is 0.322 e. The second kappa shape index (κ2) is 6.89. The van der Waals surface area contributed by atoms with Crippen molar-refractivity contribution in [3.8, 4) is 0 Å². The third-order valence-electron chi connectivity index (χ3n) is 4.00. The lowest BCUT2D eigenvalue weighted by Crippen LogP contribution is -2.24. The van der Waals surface area contributed by atoms with E-state index in [1.165, 1.54) is 0 Å². The molecule has 0 radical (unpaired) electrons. The molecule has 1 aromatic carbocycles. The number of anilines is 2. The van der Waals surface area contributed by atoms with Crippen LogP contribution in [-0.4, -0.2) is 28.6 Å². The molecule has 1 fully saturated rings. The van der Waals surface area contributed by atoms with Crippen molar-refractivity contribution < 1.29 is 14.0 Å². The lowest BCUT2D eigenvalue weighted by molar-refractivity contribution is -0.117. The summed E-state index contributed by atoms with van der Waals surface area (Å²) in [6.07, 6.45) is 0.283. The molecule has 1 atom stereocenters. The summed E-state index contributed by atoms with van der Waals surface area (Å²) < 4.78 is 6.06. The second-order valence-corrected chi connectivity index (χ2v) is 7.46. The standard InChI is InChI=1S/C17H13ClN4O3S/c18-13-7-6-12(26-13)15(24)19-17-21-20-16(25-17)10-8-14(23)22(9-10)11-4-2-1-3-5-11/h1-7,10H,8-9H2,(H,19,21,24). The lowest BCUT2D eigenvalue weighted by atomic mass is 10.1. The van der Waals surface area contributed by atoms with Crippen LogP contribution >= 0.6 is 22.9 Å². The van der Waals surface area contributed by atoms with Gasteiger partial charge in [-0.3, -0.25) is 14.9 Å². The minimum Gasteiger partial charge on any atom is -0.407 e. The van der Waals surface area contributed by atoms with Gasteiger partial charge in [-0.25, -0.2) is 0 Å². The van der Waals surface area contributed by atoms with Crippen LogP contribution in [0.1, 0.15) is 27.9 Å². The van der Waals surface area contributed by atoms with Crippen LogP contribution < -0.4 is 10.2 Å². The van der Waals surface area contributed by atoms with Crippen molar-refractivity contribution in [1.82, 2.24) is 10.2 Å². The van der Waals surface area contributed by atoms with E-state index in [4.69, 9.17) is 16.0 Å². The van der Waals surface area contributed by atoms with E-state index in [2.05, 4.69) is 15.5 Å². The van der Waals surface area contributed by atoms with Gasteiger partial charge in [-0.2, -0.15) is 0 Å². The second-order valence-electron chi connectivity index (χ2n) is 5.74. The number of rotatable bonds is 4. The minimum atomic E-state index is -0.370. The van der Waals surface area contributed by atoms with Crippen molar-refractivity contribution in [2.45, 2.75) is 12.3 Å². The number of nitrogens with one attached hydrogen (secondary N) is 1. The largest absolute Gasteiger partial charge is 0.407 e. The molecule has 132 valence electrons. The van der Waals surface area contributed by atoms with Gasteiger partial charge in [0.25, 0.3) is 5.91 Å². The fourth-order valence-electron chi connectivity index (χ4n) is 2.78. The van der Waals surface area contributed by atoms with Gasteiger partial charge in [-0.1, -0.05) is 34.9 Å². The van der Waals surface area contributed by atoms with Gasteiger partial charge >= 0.3 is 6.01 Å². The topological polar surface area (TPSA) is 88.3 Å². The minimum absolute atomic E-state index is 0.000123. The summed E-state index contributed by atoms with van der Waals surface area (Å²) in [6, 6.07) is 12.7. The fraction of sp³-hybridized carbons (Fsp3) is 0.176. The molecular formula is C17H13ClN4O3S. The van der Waals surface area contributed by atoms with Crippen LogP contribution in [0.5, 0.6) is 0 Å². The molecule has 0 bridgehead atoms. The molecule has 1 aliphatic heterocycles. The third kappa shape index (κ3) is 3.33. The molecule has 1 saturated heterocycles. The Hall–Kier alpha value is -2.71. The molecular weight excluding hydrogens is 376 g/mol. The first kappa shape index (κ1) is 16.7. The van der Waals surface area contributed by atoms with Gasteiger partial charge < -0.3 is 9.32 Å². The van der Waals surface area contributed by atoms with E-state index in [-0.39, 0.29) is 30.2 Å². The molecule has 1 unspecified atom stereocenters. The summed E-state index contributed by atoms with van der Waals surface area (Å²) >= 11 is 6.98. The van der Waals surface area contributed by atoms with Crippen LogP contribution in [0.15, 0.2) is 46.9 Å². The Labute approximate surface area is 157 Å². The Morgan fingerprint density at radius 1 is 1.23 bits per heavy atom. The van der Waals surface area contributed by atoms with Gasteiger partial charge in [0.2, 0.25) is 11.8 Å². The average Bonchev–Trinajstić information content (AvgIpc) is 3.36. The van der Waals surface area contributed by atoms with Crippen molar-refractivity contribution in [3.05, 3.63) is 57.6 Å². The van der Waals surface area contributed by atoms with Crippen molar-refractivity contribution in [3.63, 3.8) is 0 Å². The molecule has 3 heterocycles. The Morgan fingerprint density at radius 2 is 2.04 bits per heavy atom. The highest BCUT2D eigenvalue weighted by Crippen LogP contribution is 2.31. The van der Waals surface area contributed by atoms with Gasteiger partial charge in [0.1, 0.15) is 0 Å².